The van der Waals surface area contributed by atoms with Crippen LogP contribution in [0.1, 0.15) is 32.8 Å². The van der Waals surface area contributed by atoms with Crippen molar-refractivity contribution in [3.05, 3.63) is 42.0 Å². The molecule has 0 aliphatic rings. The SMILES string of the molecule is CCC(C)(C)c1cc(S(=O)(=O)O)cc(-n2nc3ccccc3n2)c1O. The van der Waals surface area contributed by atoms with Crippen LogP contribution >= 0.6 is 0 Å². The zero-order valence-corrected chi connectivity index (χ0v) is 14.9. The number of phenols is 1. The summed E-state index contributed by atoms with van der Waals surface area (Å²) in [6.07, 6.45) is 0.656. The Morgan fingerprint density at radius 2 is 1.68 bits per heavy atom. The summed E-state index contributed by atoms with van der Waals surface area (Å²) in [5.74, 6) is -0.112. The van der Waals surface area contributed by atoms with Crippen molar-refractivity contribution in [2.75, 3.05) is 0 Å². The number of nitrogens with zero attached hydrogens (tertiary/aromatic N) is 3. The van der Waals surface area contributed by atoms with E-state index in [1.54, 1.807) is 24.3 Å². The van der Waals surface area contributed by atoms with E-state index in [0.29, 0.717) is 23.0 Å². The molecule has 1 aromatic heterocycles. The fraction of sp³-hybridized carbons (Fsp3) is 0.294. The van der Waals surface area contributed by atoms with E-state index in [9.17, 15) is 18.1 Å². The van der Waals surface area contributed by atoms with Crippen molar-refractivity contribution < 1.29 is 18.1 Å². The molecule has 7 nitrogen and oxygen atoms in total. The highest BCUT2D eigenvalue weighted by atomic mass is 32.2. The Bertz CT molecular complexity index is 1020. The standard InChI is InChI=1S/C17H19N3O4S/c1-4-17(2,3)12-9-11(25(22,23)24)10-15(16(12)21)20-18-13-7-5-6-8-14(13)19-20/h5-10,21H,4H2,1-3H3,(H,22,23,24). The third-order valence-electron chi connectivity index (χ3n) is 4.48. The van der Waals surface area contributed by atoms with Crippen molar-refractivity contribution in [1.29, 1.82) is 0 Å². The molecular weight excluding hydrogens is 342 g/mol. The fourth-order valence-electron chi connectivity index (χ4n) is 2.57. The predicted molar refractivity (Wildman–Crippen MR) is 93.7 cm³/mol. The summed E-state index contributed by atoms with van der Waals surface area (Å²) in [7, 11) is -4.45. The van der Waals surface area contributed by atoms with E-state index in [0.717, 1.165) is 0 Å². The molecule has 0 spiro atoms. The Labute approximate surface area is 145 Å². The molecule has 1 heterocycles. The van der Waals surface area contributed by atoms with Gasteiger partial charge in [-0.3, -0.25) is 4.55 Å². The van der Waals surface area contributed by atoms with Crippen molar-refractivity contribution >= 4 is 21.2 Å². The van der Waals surface area contributed by atoms with Crippen molar-refractivity contribution in [3.63, 3.8) is 0 Å². The topological polar surface area (TPSA) is 105 Å². The first-order valence-electron chi connectivity index (χ1n) is 7.81. The summed E-state index contributed by atoms with van der Waals surface area (Å²) in [5.41, 5.74) is 1.21. The second kappa shape index (κ2) is 5.82. The highest BCUT2D eigenvalue weighted by Crippen LogP contribution is 2.39. The number of benzene rings is 2. The minimum atomic E-state index is -4.45. The molecule has 8 heteroatoms. The van der Waals surface area contributed by atoms with Crippen LogP contribution in [0.5, 0.6) is 5.75 Å². The second-order valence-electron chi connectivity index (χ2n) is 6.53. The number of aromatic nitrogens is 3. The first-order valence-corrected chi connectivity index (χ1v) is 9.25. The Balaban J connectivity index is 2.33. The zero-order valence-electron chi connectivity index (χ0n) is 14.1. The zero-order chi connectivity index (χ0) is 18.4. The van der Waals surface area contributed by atoms with E-state index in [1.807, 2.05) is 20.8 Å². The molecule has 3 aromatic rings. The monoisotopic (exact) mass is 361 g/mol. The van der Waals surface area contributed by atoms with Crippen LogP contribution in [0.2, 0.25) is 0 Å². The first kappa shape index (κ1) is 17.4. The maximum atomic E-state index is 11.7. The molecule has 0 radical (unpaired) electrons. The first-order chi connectivity index (χ1) is 11.6. The average Bonchev–Trinajstić information content (AvgIpc) is 2.97. The van der Waals surface area contributed by atoms with Gasteiger partial charge in [-0.15, -0.1) is 15.0 Å². The summed E-state index contributed by atoms with van der Waals surface area (Å²) < 4.78 is 32.9. The van der Waals surface area contributed by atoms with Gasteiger partial charge in [0, 0.05) is 5.56 Å². The fourth-order valence-corrected chi connectivity index (χ4v) is 3.10. The Morgan fingerprint density at radius 1 is 1.12 bits per heavy atom. The van der Waals surface area contributed by atoms with E-state index in [2.05, 4.69) is 10.2 Å². The van der Waals surface area contributed by atoms with Crippen molar-refractivity contribution in [1.82, 2.24) is 15.0 Å². The quantitative estimate of drug-likeness (QED) is 0.692. The molecular formula is C17H19N3O4S. The third kappa shape index (κ3) is 3.10. The lowest BCUT2D eigenvalue weighted by Gasteiger charge is -2.25. The Hall–Kier alpha value is -2.45. The highest BCUT2D eigenvalue weighted by Gasteiger charge is 2.28. The van der Waals surface area contributed by atoms with Crippen LogP contribution in [0.25, 0.3) is 16.7 Å². The molecule has 25 heavy (non-hydrogen) atoms. The summed E-state index contributed by atoms with van der Waals surface area (Å²) in [6.45, 7) is 5.69. The average molecular weight is 361 g/mol. The number of aromatic hydroxyl groups is 1. The van der Waals surface area contributed by atoms with Gasteiger partial charge in [-0.05, 0) is 36.1 Å². The highest BCUT2D eigenvalue weighted by molar-refractivity contribution is 7.85. The molecule has 0 atom stereocenters. The summed E-state index contributed by atoms with van der Waals surface area (Å²) in [4.78, 5) is 0.877. The smallest absolute Gasteiger partial charge is 0.294 e. The summed E-state index contributed by atoms with van der Waals surface area (Å²) in [6, 6.07) is 9.60. The maximum absolute atomic E-state index is 11.7. The Kier molecular flexibility index (Phi) is 4.04. The van der Waals surface area contributed by atoms with E-state index < -0.39 is 15.5 Å². The molecule has 0 aliphatic carbocycles. The lowest BCUT2D eigenvalue weighted by atomic mass is 9.81. The van der Waals surface area contributed by atoms with Gasteiger partial charge in [0.15, 0.2) is 0 Å². The van der Waals surface area contributed by atoms with Gasteiger partial charge in [0.2, 0.25) is 0 Å². The van der Waals surface area contributed by atoms with Crippen LogP contribution in [0, 0.1) is 0 Å². The van der Waals surface area contributed by atoms with Gasteiger partial charge in [-0.25, -0.2) is 0 Å². The third-order valence-corrected chi connectivity index (χ3v) is 5.31. The van der Waals surface area contributed by atoms with Crippen molar-refractivity contribution in [3.8, 4) is 11.4 Å². The number of hydrogen-bond donors (Lipinski definition) is 2. The van der Waals surface area contributed by atoms with Crippen LogP contribution in [0.4, 0.5) is 0 Å². The molecule has 2 N–H and O–H groups in total. The summed E-state index contributed by atoms with van der Waals surface area (Å²) in [5, 5.41) is 19.3. The van der Waals surface area contributed by atoms with E-state index in [4.69, 9.17) is 0 Å². The molecule has 0 saturated heterocycles. The largest absolute Gasteiger partial charge is 0.505 e. The minimum absolute atomic E-state index is 0.0999. The normalized spacial score (nSPS) is 12.6. The van der Waals surface area contributed by atoms with Crippen LogP contribution in [-0.2, 0) is 15.5 Å². The molecule has 3 rings (SSSR count). The molecule has 0 saturated carbocycles. The van der Waals surface area contributed by atoms with Gasteiger partial charge in [0.1, 0.15) is 22.5 Å². The molecule has 0 unspecified atom stereocenters. The molecule has 0 aliphatic heterocycles. The van der Waals surface area contributed by atoms with Crippen molar-refractivity contribution in [2.45, 2.75) is 37.5 Å². The number of phenolic OH excluding ortho intramolecular Hbond substituents is 1. The van der Waals surface area contributed by atoms with Gasteiger partial charge in [0.25, 0.3) is 10.1 Å². The Morgan fingerprint density at radius 3 is 2.16 bits per heavy atom. The van der Waals surface area contributed by atoms with Gasteiger partial charge in [-0.2, -0.15) is 8.42 Å². The van der Waals surface area contributed by atoms with Crippen LogP contribution < -0.4 is 0 Å². The van der Waals surface area contributed by atoms with Crippen LogP contribution in [0.3, 0.4) is 0 Å². The molecule has 0 fully saturated rings. The van der Waals surface area contributed by atoms with E-state index in [1.165, 1.54) is 16.9 Å². The van der Waals surface area contributed by atoms with Gasteiger partial charge in [-0.1, -0.05) is 32.9 Å². The lowest BCUT2D eigenvalue weighted by Crippen LogP contribution is -2.18. The molecule has 2 aromatic carbocycles. The van der Waals surface area contributed by atoms with Gasteiger partial charge >= 0.3 is 0 Å². The molecule has 132 valence electrons. The predicted octanol–water partition coefficient (Wildman–Crippen LogP) is 3.06. The van der Waals surface area contributed by atoms with Gasteiger partial charge < -0.3 is 5.11 Å². The summed E-state index contributed by atoms with van der Waals surface area (Å²) >= 11 is 0. The minimum Gasteiger partial charge on any atom is -0.505 e. The van der Waals surface area contributed by atoms with E-state index in [-0.39, 0.29) is 16.3 Å². The van der Waals surface area contributed by atoms with Crippen LogP contribution in [0.15, 0.2) is 41.3 Å². The van der Waals surface area contributed by atoms with Gasteiger partial charge in [0.05, 0.1) is 4.90 Å². The molecule has 0 bridgehead atoms. The number of fused-ring (bicyclic) bond motifs is 1. The van der Waals surface area contributed by atoms with Crippen LogP contribution in [-0.4, -0.2) is 33.1 Å². The van der Waals surface area contributed by atoms with E-state index >= 15 is 0 Å². The second-order valence-corrected chi connectivity index (χ2v) is 7.95. The molecule has 0 amide bonds. The number of hydrogen-bond acceptors (Lipinski definition) is 5. The number of rotatable bonds is 4. The maximum Gasteiger partial charge on any atom is 0.294 e. The lowest BCUT2D eigenvalue weighted by molar-refractivity contribution is 0.422. The van der Waals surface area contributed by atoms with Crippen molar-refractivity contribution in [2.24, 2.45) is 0 Å².